The van der Waals surface area contributed by atoms with Gasteiger partial charge < -0.3 is 9.64 Å². The second-order valence-electron chi connectivity index (χ2n) is 6.15. The number of carbonyl (C=O) groups excluding carboxylic acids is 1. The molecule has 1 heterocycles. The number of amides is 1. The van der Waals surface area contributed by atoms with Crippen molar-refractivity contribution in [3.8, 4) is 0 Å². The Balaban J connectivity index is 1.91. The van der Waals surface area contributed by atoms with Crippen LogP contribution >= 0.6 is 0 Å². The predicted molar refractivity (Wildman–Crippen MR) is 85.1 cm³/mol. The molecule has 1 saturated heterocycles. The number of benzene rings is 1. The van der Waals surface area contributed by atoms with Crippen LogP contribution < -0.4 is 0 Å². The average Bonchev–Trinajstić information content (AvgIpc) is 2.54. The zero-order valence-corrected chi connectivity index (χ0v) is 13.6. The first-order chi connectivity index (χ1) is 10.6. The van der Waals surface area contributed by atoms with Crippen molar-refractivity contribution in [3.63, 3.8) is 0 Å². The zero-order valence-electron chi connectivity index (χ0n) is 13.6. The van der Waals surface area contributed by atoms with Crippen LogP contribution in [0.15, 0.2) is 24.3 Å². The maximum Gasteiger partial charge on any atom is 0.225 e. The van der Waals surface area contributed by atoms with Crippen molar-refractivity contribution in [1.82, 2.24) is 4.90 Å². The minimum absolute atomic E-state index is 0.129. The molecule has 2 unspecified atom stereocenters. The Morgan fingerprint density at radius 2 is 2.23 bits per heavy atom. The van der Waals surface area contributed by atoms with E-state index in [4.69, 9.17) is 4.74 Å². The van der Waals surface area contributed by atoms with E-state index in [1.165, 1.54) is 6.07 Å². The van der Waals surface area contributed by atoms with Gasteiger partial charge in [-0.1, -0.05) is 25.1 Å². The molecule has 1 aliphatic rings. The Morgan fingerprint density at radius 1 is 1.45 bits per heavy atom. The van der Waals surface area contributed by atoms with Crippen LogP contribution in [0.4, 0.5) is 4.39 Å². The number of halogens is 1. The summed E-state index contributed by atoms with van der Waals surface area (Å²) in [6, 6.07) is 6.70. The zero-order chi connectivity index (χ0) is 15.9. The van der Waals surface area contributed by atoms with Gasteiger partial charge in [-0.25, -0.2) is 4.39 Å². The highest BCUT2D eigenvalue weighted by atomic mass is 19.1. The van der Waals surface area contributed by atoms with Crippen molar-refractivity contribution >= 4 is 5.91 Å². The summed E-state index contributed by atoms with van der Waals surface area (Å²) >= 11 is 0. The number of ether oxygens (including phenoxy) is 1. The van der Waals surface area contributed by atoms with Crippen LogP contribution in [0.25, 0.3) is 0 Å². The van der Waals surface area contributed by atoms with E-state index >= 15 is 0 Å². The first-order valence-corrected chi connectivity index (χ1v) is 8.21. The molecule has 2 atom stereocenters. The Bertz CT molecular complexity index is 492. The van der Waals surface area contributed by atoms with E-state index in [0.717, 1.165) is 32.5 Å². The number of likely N-dealkylation sites (tertiary alicyclic amines) is 1. The normalized spacial score (nSPS) is 20.0. The van der Waals surface area contributed by atoms with E-state index < -0.39 is 0 Å². The molecular weight excluding hydrogens is 281 g/mol. The summed E-state index contributed by atoms with van der Waals surface area (Å²) in [6.45, 7) is 6.89. The van der Waals surface area contributed by atoms with Gasteiger partial charge in [-0.05, 0) is 43.7 Å². The van der Waals surface area contributed by atoms with Gasteiger partial charge in [0.1, 0.15) is 5.82 Å². The Hall–Kier alpha value is -1.42. The van der Waals surface area contributed by atoms with Crippen LogP contribution in [-0.2, 0) is 16.0 Å². The fourth-order valence-electron chi connectivity index (χ4n) is 3.08. The Kier molecular flexibility index (Phi) is 6.37. The van der Waals surface area contributed by atoms with Crippen LogP contribution in [0, 0.1) is 17.7 Å². The first kappa shape index (κ1) is 16.9. The van der Waals surface area contributed by atoms with E-state index in [1.54, 1.807) is 12.1 Å². The summed E-state index contributed by atoms with van der Waals surface area (Å²) in [5, 5.41) is 0. The Labute approximate surface area is 132 Å². The molecule has 1 fully saturated rings. The molecule has 0 bridgehead atoms. The van der Waals surface area contributed by atoms with Crippen molar-refractivity contribution in [3.05, 3.63) is 35.6 Å². The third kappa shape index (κ3) is 4.54. The van der Waals surface area contributed by atoms with Gasteiger partial charge in [0.05, 0.1) is 6.61 Å². The summed E-state index contributed by atoms with van der Waals surface area (Å²) in [5.41, 5.74) is 0.617. The van der Waals surface area contributed by atoms with Crippen LogP contribution in [0.1, 0.15) is 32.3 Å². The lowest BCUT2D eigenvalue weighted by Gasteiger charge is -2.34. The van der Waals surface area contributed by atoms with Gasteiger partial charge in [-0.2, -0.15) is 0 Å². The molecule has 0 aliphatic carbocycles. The lowest BCUT2D eigenvalue weighted by molar-refractivity contribution is -0.137. The van der Waals surface area contributed by atoms with Gasteiger partial charge in [0, 0.05) is 25.6 Å². The molecule has 0 radical (unpaired) electrons. The number of rotatable bonds is 6. The predicted octanol–water partition coefficient (Wildman–Crippen LogP) is 3.28. The first-order valence-electron chi connectivity index (χ1n) is 8.21. The second kappa shape index (κ2) is 8.28. The number of nitrogens with zero attached hydrogens (tertiary/aromatic N) is 1. The summed E-state index contributed by atoms with van der Waals surface area (Å²) in [7, 11) is 0. The quantitative estimate of drug-likeness (QED) is 0.807. The van der Waals surface area contributed by atoms with Gasteiger partial charge in [-0.3, -0.25) is 4.79 Å². The van der Waals surface area contributed by atoms with Crippen molar-refractivity contribution < 1.29 is 13.9 Å². The second-order valence-corrected chi connectivity index (χ2v) is 6.15. The highest BCUT2D eigenvalue weighted by Crippen LogP contribution is 2.21. The van der Waals surface area contributed by atoms with Crippen molar-refractivity contribution in [2.75, 3.05) is 26.3 Å². The molecule has 1 aromatic carbocycles. The number of piperidine rings is 1. The van der Waals surface area contributed by atoms with E-state index in [9.17, 15) is 9.18 Å². The van der Waals surface area contributed by atoms with Crippen molar-refractivity contribution in [1.29, 1.82) is 0 Å². The van der Waals surface area contributed by atoms with Crippen molar-refractivity contribution in [2.24, 2.45) is 11.8 Å². The maximum absolute atomic E-state index is 13.7. The summed E-state index contributed by atoms with van der Waals surface area (Å²) in [5.74, 6) is 0.139. The highest BCUT2D eigenvalue weighted by Gasteiger charge is 2.27. The van der Waals surface area contributed by atoms with Crippen LogP contribution in [0.2, 0.25) is 0 Å². The fourth-order valence-corrected chi connectivity index (χ4v) is 3.08. The van der Waals surface area contributed by atoms with E-state index in [-0.39, 0.29) is 17.6 Å². The SMILES string of the molecule is CCOCC1CCCN(C(=O)C(C)Cc2ccccc2F)C1. The maximum atomic E-state index is 13.7. The molecular formula is C18H26FNO2. The molecule has 122 valence electrons. The third-order valence-corrected chi connectivity index (χ3v) is 4.29. The number of hydrogen-bond donors (Lipinski definition) is 0. The van der Waals surface area contributed by atoms with Gasteiger partial charge in [-0.15, -0.1) is 0 Å². The molecule has 1 aliphatic heterocycles. The highest BCUT2D eigenvalue weighted by molar-refractivity contribution is 5.78. The topological polar surface area (TPSA) is 29.5 Å². The lowest BCUT2D eigenvalue weighted by Crippen LogP contribution is -2.44. The summed E-state index contributed by atoms with van der Waals surface area (Å²) < 4.78 is 19.2. The molecule has 0 spiro atoms. The minimum atomic E-state index is -0.227. The van der Waals surface area contributed by atoms with Crippen LogP contribution in [0.3, 0.4) is 0 Å². The van der Waals surface area contributed by atoms with Gasteiger partial charge in [0.2, 0.25) is 5.91 Å². The summed E-state index contributed by atoms with van der Waals surface area (Å²) in [4.78, 5) is 14.5. The van der Waals surface area contributed by atoms with Crippen LogP contribution in [-0.4, -0.2) is 37.1 Å². The molecule has 3 nitrogen and oxygen atoms in total. The van der Waals surface area contributed by atoms with Crippen molar-refractivity contribution in [2.45, 2.75) is 33.1 Å². The van der Waals surface area contributed by atoms with Gasteiger partial charge >= 0.3 is 0 Å². The molecule has 1 amide bonds. The molecule has 0 N–H and O–H groups in total. The fraction of sp³-hybridized carbons (Fsp3) is 0.611. The largest absolute Gasteiger partial charge is 0.381 e. The number of carbonyl (C=O) groups is 1. The summed E-state index contributed by atoms with van der Waals surface area (Å²) in [6.07, 6.45) is 2.60. The number of hydrogen-bond acceptors (Lipinski definition) is 2. The van der Waals surface area contributed by atoms with Crippen LogP contribution in [0.5, 0.6) is 0 Å². The standard InChI is InChI=1S/C18H26FNO2/c1-3-22-13-15-7-6-10-20(12-15)18(21)14(2)11-16-8-4-5-9-17(16)19/h4-5,8-9,14-15H,3,6-7,10-13H2,1-2H3. The molecule has 0 saturated carbocycles. The molecule has 4 heteroatoms. The van der Waals surface area contributed by atoms with E-state index in [0.29, 0.717) is 24.5 Å². The van der Waals surface area contributed by atoms with Gasteiger partial charge in [0.25, 0.3) is 0 Å². The molecule has 0 aromatic heterocycles. The molecule has 1 aromatic rings. The molecule has 22 heavy (non-hydrogen) atoms. The minimum Gasteiger partial charge on any atom is -0.381 e. The third-order valence-electron chi connectivity index (χ3n) is 4.29. The van der Waals surface area contributed by atoms with E-state index in [2.05, 4.69) is 0 Å². The Morgan fingerprint density at radius 3 is 2.95 bits per heavy atom. The lowest BCUT2D eigenvalue weighted by atomic mass is 9.95. The van der Waals surface area contributed by atoms with E-state index in [1.807, 2.05) is 24.8 Å². The molecule has 2 rings (SSSR count). The average molecular weight is 307 g/mol. The van der Waals surface area contributed by atoms with Gasteiger partial charge in [0.15, 0.2) is 0 Å². The monoisotopic (exact) mass is 307 g/mol. The smallest absolute Gasteiger partial charge is 0.225 e.